The van der Waals surface area contributed by atoms with Gasteiger partial charge in [0, 0.05) is 30.7 Å². The van der Waals surface area contributed by atoms with E-state index >= 15 is 0 Å². The molecule has 0 saturated carbocycles. The third-order valence-corrected chi connectivity index (χ3v) is 4.73. The second kappa shape index (κ2) is 7.05. The van der Waals surface area contributed by atoms with Crippen LogP contribution in [-0.4, -0.2) is 56.1 Å². The lowest BCUT2D eigenvalue weighted by molar-refractivity contribution is -0.0190. The molecule has 1 amide bonds. The summed E-state index contributed by atoms with van der Waals surface area (Å²) in [7, 11) is 0. The summed E-state index contributed by atoms with van der Waals surface area (Å²) in [5, 5.41) is 11.4. The number of piperidine rings is 1. The maximum absolute atomic E-state index is 12.0. The molecule has 0 unspecified atom stereocenters. The second-order valence-corrected chi connectivity index (χ2v) is 7.90. The SMILES string of the molecule is Cc1ccnc(SCC2(O)CCN(C(=O)OC(C)(C)C)CC2)n1. The maximum atomic E-state index is 12.0. The molecule has 1 aliphatic rings. The van der Waals surface area contributed by atoms with Crippen LogP contribution < -0.4 is 0 Å². The van der Waals surface area contributed by atoms with E-state index < -0.39 is 11.2 Å². The van der Waals surface area contributed by atoms with Gasteiger partial charge < -0.3 is 14.7 Å². The zero-order valence-corrected chi connectivity index (χ0v) is 15.0. The highest BCUT2D eigenvalue weighted by Gasteiger charge is 2.35. The van der Waals surface area contributed by atoms with E-state index in [1.165, 1.54) is 11.8 Å². The molecule has 128 valence electrons. The lowest BCUT2D eigenvalue weighted by Crippen LogP contribution is -2.49. The van der Waals surface area contributed by atoms with Crippen LogP contribution in [0.15, 0.2) is 17.4 Å². The standard InChI is InChI=1S/C16H25N3O3S/c1-12-5-8-17-13(18-12)23-11-16(21)6-9-19(10-7-16)14(20)22-15(2,3)4/h5,8,21H,6-7,9-11H2,1-4H3. The quantitative estimate of drug-likeness (QED) is 0.674. The first-order valence-corrected chi connectivity index (χ1v) is 8.78. The van der Waals surface area contributed by atoms with Gasteiger partial charge in [0.15, 0.2) is 5.16 Å². The van der Waals surface area contributed by atoms with E-state index in [1.807, 2.05) is 33.8 Å². The summed E-state index contributed by atoms with van der Waals surface area (Å²) in [5.41, 5.74) is -0.381. The van der Waals surface area contributed by atoms with E-state index in [0.29, 0.717) is 36.8 Å². The van der Waals surface area contributed by atoms with Crippen molar-refractivity contribution < 1.29 is 14.6 Å². The number of carbonyl (C=O) groups excluding carboxylic acids is 1. The van der Waals surface area contributed by atoms with Crippen molar-refractivity contribution in [2.45, 2.75) is 56.9 Å². The van der Waals surface area contributed by atoms with Gasteiger partial charge in [-0.15, -0.1) is 0 Å². The molecule has 6 nitrogen and oxygen atoms in total. The number of hydrogen-bond acceptors (Lipinski definition) is 6. The summed E-state index contributed by atoms with van der Waals surface area (Å²) in [6.45, 7) is 8.47. The van der Waals surface area contributed by atoms with Crippen LogP contribution in [0.2, 0.25) is 0 Å². The molecule has 1 saturated heterocycles. The van der Waals surface area contributed by atoms with E-state index in [1.54, 1.807) is 11.1 Å². The average molecular weight is 339 g/mol. The summed E-state index contributed by atoms with van der Waals surface area (Å²) < 4.78 is 5.37. The topological polar surface area (TPSA) is 75.6 Å². The Morgan fingerprint density at radius 1 is 1.43 bits per heavy atom. The lowest BCUT2D eigenvalue weighted by Gasteiger charge is -2.38. The highest BCUT2D eigenvalue weighted by Crippen LogP contribution is 2.29. The number of amides is 1. The van der Waals surface area contributed by atoms with E-state index in [4.69, 9.17) is 4.74 Å². The van der Waals surface area contributed by atoms with Crippen LogP contribution in [0.25, 0.3) is 0 Å². The summed E-state index contributed by atoms with van der Waals surface area (Å²) in [6, 6.07) is 1.85. The molecule has 0 radical (unpaired) electrons. The van der Waals surface area contributed by atoms with Gasteiger partial charge in [-0.3, -0.25) is 0 Å². The lowest BCUT2D eigenvalue weighted by atomic mass is 9.94. The van der Waals surface area contributed by atoms with Crippen molar-refractivity contribution in [2.75, 3.05) is 18.8 Å². The molecule has 1 aliphatic heterocycles. The van der Waals surface area contributed by atoms with Crippen molar-refractivity contribution in [2.24, 2.45) is 0 Å². The predicted octanol–water partition coefficient (Wildman–Crippen LogP) is 2.64. The van der Waals surface area contributed by atoms with Gasteiger partial charge in [-0.05, 0) is 46.6 Å². The predicted molar refractivity (Wildman–Crippen MR) is 89.5 cm³/mol. The Morgan fingerprint density at radius 2 is 2.09 bits per heavy atom. The number of aliphatic hydroxyl groups is 1. The number of likely N-dealkylation sites (tertiary alicyclic amines) is 1. The van der Waals surface area contributed by atoms with Crippen LogP contribution in [0.3, 0.4) is 0 Å². The van der Waals surface area contributed by atoms with Crippen molar-refractivity contribution in [3.8, 4) is 0 Å². The first-order valence-electron chi connectivity index (χ1n) is 7.80. The Labute approximate surface area is 141 Å². The Kier molecular flexibility index (Phi) is 5.52. The smallest absolute Gasteiger partial charge is 0.410 e. The molecular weight excluding hydrogens is 314 g/mol. The Hall–Kier alpha value is -1.34. The fourth-order valence-corrected chi connectivity index (χ4v) is 3.30. The number of hydrogen-bond donors (Lipinski definition) is 1. The number of thioether (sulfide) groups is 1. The molecule has 2 rings (SSSR count). The zero-order valence-electron chi connectivity index (χ0n) is 14.2. The number of aromatic nitrogens is 2. The number of ether oxygens (including phenoxy) is 1. The molecule has 1 aromatic heterocycles. The maximum Gasteiger partial charge on any atom is 0.410 e. The van der Waals surface area contributed by atoms with Crippen LogP contribution in [0, 0.1) is 6.92 Å². The minimum atomic E-state index is -0.795. The second-order valence-electron chi connectivity index (χ2n) is 6.96. The van der Waals surface area contributed by atoms with Crippen molar-refractivity contribution in [3.05, 3.63) is 18.0 Å². The molecule has 1 aromatic rings. The Morgan fingerprint density at radius 3 is 2.65 bits per heavy atom. The van der Waals surface area contributed by atoms with E-state index in [9.17, 15) is 9.90 Å². The summed E-state index contributed by atoms with van der Waals surface area (Å²) in [6.07, 6.45) is 2.48. The van der Waals surface area contributed by atoms with Gasteiger partial charge in [-0.25, -0.2) is 14.8 Å². The summed E-state index contributed by atoms with van der Waals surface area (Å²) in [4.78, 5) is 22.2. The molecular formula is C16H25N3O3S. The van der Waals surface area contributed by atoms with E-state index in [0.717, 1.165) is 5.69 Å². The molecule has 0 aliphatic carbocycles. The third kappa shape index (κ3) is 5.66. The molecule has 0 aromatic carbocycles. The van der Waals surface area contributed by atoms with Crippen LogP contribution in [0.5, 0.6) is 0 Å². The minimum Gasteiger partial charge on any atom is -0.444 e. The number of rotatable bonds is 3. The summed E-state index contributed by atoms with van der Waals surface area (Å²) >= 11 is 1.45. The minimum absolute atomic E-state index is 0.311. The van der Waals surface area contributed by atoms with Gasteiger partial charge in [0.1, 0.15) is 5.60 Å². The fraction of sp³-hybridized carbons (Fsp3) is 0.688. The number of aryl methyl sites for hydroxylation is 1. The number of nitrogens with zero attached hydrogens (tertiary/aromatic N) is 3. The van der Waals surface area contributed by atoms with E-state index in [2.05, 4.69) is 9.97 Å². The largest absolute Gasteiger partial charge is 0.444 e. The monoisotopic (exact) mass is 339 g/mol. The van der Waals surface area contributed by atoms with Crippen LogP contribution in [0.1, 0.15) is 39.3 Å². The fourth-order valence-electron chi connectivity index (χ4n) is 2.27. The van der Waals surface area contributed by atoms with Crippen molar-refractivity contribution >= 4 is 17.9 Å². The Bertz CT molecular complexity index is 552. The average Bonchev–Trinajstić information content (AvgIpc) is 2.44. The van der Waals surface area contributed by atoms with Crippen molar-refractivity contribution in [1.82, 2.24) is 14.9 Å². The van der Waals surface area contributed by atoms with Crippen molar-refractivity contribution in [1.29, 1.82) is 0 Å². The molecule has 0 bridgehead atoms. The molecule has 0 atom stereocenters. The van der Waals surface area contributed by atoms with Gasteiger partial charge in [-0.2, -0.15) is 0 Å². The molecule has 0 spiro atoms. The highest BCUT2D eigenvalue weighted by molar-refractivity contribution is 7.99. The number of carbonyl (C=O) groups is 1. The highest BCUT2D eigenvalue weighted by atomic mass is 32.2. The molecule has 7 heteroatoms. The van der Waals surface area contributed by atoms with Crippen LogP contribution >= 0.6 is 11.8 Å². The Balaban J connectivity index is 1.83. The molecule has 1 N–H and O–H groups in total. The zero-order chi connectivity index (χ0) is 17.1. The molecule has 23 heavy (non-hydrogen) atoms. The summed E-state index contributed by atoms with van der Waals surface area (Å²) in [5.74, 6) is 0.526. The van der Waals surface area contributed by atoms with Crippen LogP contribution in [0.4, 0.5) is 4.79 Å². The van der Waals surface area contributed by atoms with Gasteiger partial charge >= 0.3 is 6.09 Å². The molecule has 2 heterocycles. The normalized spacial score (nSPS) is 17.9. The van der Waals surface area contributed by atoms with Gasteiger partial charge in [0.05, 0.1) is 5.60 Å². The van der Waals surface area contributed by atoms with Gasteiger partial charge in [0.25, 0.3) is 0 Å². The molecule has 1 fully saturated rings. The van der Waals surface area contributed by atoms with Crippen LogP contribution in [-0.2, 0) is 4.74 Å². The van der Waals surface area contributed by atoms with Crippen molar-refractivity contribution in [3.63, 3.8) is 0 Å². The van der Waals surface area contributed by atoms with Gasteiger partial charge in [-0.1, -0.05) is 11.8 Å². The van der Waals surface area contributed by atoms with E-state index in [-0.39, 0.29) is 6.09 Å². The third-order valence-electron chi connectivity index (χ3n) is 3.59. The first-order chi connectivity index (χ1) is 10.7. The van der Waals surface area contributed by atoms with Gasteiger partial charge in [0.2, 0.25) is 0 Å². The first kappa shape index (κ1) is 18.0.